The van der Waals surface area contributed by atoms with Crippen molar-refractivity contribution in [2.75, 3.05) is 24.4 Å². The molecular weight excluding hydrogens is 492 g/mol. The van der Waals surface area contributed by atoms with Crippen LogP contribution in [-0.4, -0.2) is 52.1 Å². The van der Waals surface area contributed by atoms with Gasteiger partial charge in [-0.1, -0.05) is 29.9 Å². The van der Waals surface area contributed by atoms with E-state index in [1.54, 1.807) is 6.07 Å². The molecule has 1 heterocycles. The molecule has 0 fully saturated rings. The number of nitrogens with zero attached hydrogens (tertiary/aromatic N) is 3. The van der Waals surface area contributed by atoms with Crippen LogP contribution in [0.25, 0.3) is 6.08 Å². The van der Waals surface area contributed by atoms with Gasteiger partial charge in [-0.2, -0.15) is 13.7 Å². The zero-order valence-electron chi connectivity index (χ0n) is 16.2. The van der Waals surface area contributed by atoms with Crippen LogP contribution in [0.5, 0.6) is 11.5 Å². The number of nitriles is 1. The number of carbonyl (C=O) groups excluding carboxylic acids is 1. The van der Waals surface area contributed by atoms with Gasteiger partial charge in [0.25, 0.3) is 5.91 Å². The van der Waals surface area contributed by atoms with E-state index in [4.69, 9.17) is 20.5 Å². The molecule has 0 bridgehead atoms. The summed E-state index contributed by atoms with van der Waals surface area (Å²) in [5.41, 5.74) is -0.133. The number of amides is 1. The van der Waals surface area contributed by atoms with Crippen LogP contribution in [0.1, 0.15) is 12.5 Å². The van der Waals surface area contributed by atoms with Gasteiger partial charge in [-0.15, -0.1) is 10.2 Å². The van der Waals surface area contributed by atoms with E-state index in [1.807, 2.05) is 0 Å². The number of sulfone groups is 1. The summed E-state index contributed by atoms with van der Waals surface area (Å²) in [6.07, 6.45) is 2.00. The van der Waals surface area contributed by atoms with Crippen molar-refractivity contribution in [3.8, 4) is 17.6 Å². The predicted octanol–water partition coefficient (Wildman–Crippen LogP) is 1.88. The fraction of sp³-hybridized carbons (Fsp3) is 0.250. The summed E-state index contributed by atoms with van der Waals surface area (Å²) in [5.74, 6) is -1.34. The molecule has 31 heavy (non-hydrogen) atoms. The average Bonchev–Trinajstić information content (AvgIpc) is 3.16. The Bertz CT molecular complexity index is 1290. The molecule has 0 aliphatic carbocycles. The molecule has 1 aromatic carbocycles. The Kier molecular flexibility index (Phi) is 7.60. The first kappa shape index (κ1) is 24.5. The third kappa shape index (κ3) is 6.37. The van der Waals surface area contributed by atoms with Crippen molar-refractivity contribution in [3.63, 3.8) is 0 Å². The van der Waals surface area contributed by atoms with Crippen molar-refractivity contribution in [2.24, 2.45) is 0 Å². The highest BCUT2D eigenvalue weighted by molar-refractivity contribution is 7.93. The highest BCUT2D eigenvalue weighted by atomic mass is 35.5. The lowest BCUT2D eigenvalue weighted by molar-refractivity contribution is -0.112. The molecule has 11 nitrogen and oxygen atoms in total. The monoisotopic (exact) mass is 506 g/mol. The molecule has 15 heteroatoms. The Hall–Kier alpha value is -2.73. The summed E-state index contributed by atoms with van der Waals surface area (Å²) >= 11 is 6.71. The summed E-state index contributed by atoms with van der Waals surface area (Å²) in [7, 11) is -6.22. The molecule has 0 unspecified atom stereocenters. The lowest BCUT2D eigenvalue weighted by Crippen LogP contribution is -2.13. The smallest absolute Gasteiger partial charge is 0.306 e. The molecule has 0 spiro atoms. The summed E-state index contributed by atoms with van der Waals surface area (Å²) < 4.78 is 56.0. The van der Waals surface area contributed by atoms with E-state index in [0.717, 1.165) is 6.26 Å². The van der Waals surface area contributed by atoms with Crippen LogP contribution in [0.4, 0.5) is 5.13 Å². The lowest BCUT2D eigenvalue weighted by Gasteiger charge is -2.11. The number of anilines is 1. The minimum atomic E-state index is -3.88. The Morgan fingerprint density at radius 3 is 2.55 bits per heavy atom. The summed E-state index contributed by atoms with van der Waals surface area (Å²) in [6, 6.07) is 4.29. The summed E-state index contributed by atoms with van der Waals surface area (Å²) in [4.78, 5) is 12.4. The fourth-order valence-corrected chi connectivity index (χ4v) is 4.81. The van der Waals surface area contributed by atoms with Crippen molar-refractivity contribution >= 4 is 60.0 Å². The van der Waals surface area contributed by atoms with Crippen molar-refractivity contribution in [3.05, 3.63) is 28.3 Å². The number of hydrogen-bond donors (Lipinski definition) is 1. The van der Waals surface area contributed by atoms with Gasteiger partial charge in [-0.25, -0.2) is 8.42 Å². The molecule has 1 N–H and O–H groups in total. The SMILES string of the molecule is CCS(=O)(=O)c1nnc(NC(=O)C(C#N)=Cc2cc(Cl)c(OS(C)(=O)=O)c(OC)c2)s1. The molecule has 1 aromatic heterocycles. The second-order valence-corrected chi connectivity index (χ2v) is 11.1. The van der Waals surface area contributed by atoms with E-state index in [-0.39, 0.29) is 42.9 Å². The highest BCUT2D eigenvalue weighted by Crippen LogP contribution is 2.37. The molecular formula is C16H15ClN4O7S3. The summed E-state index contributed by atoms with van der Waals surface area (Å²) in [5, 5.41) is 18.5. The molecule has 0 aliphatic rings. The molecule has 0 atom stereocenters. The number of aromatic nitrogens is 2. The molecule has 2 rings (SSSR count). The van der Waals surface area contributed by atoms with Crippen molar-refractivity contribution < 1.29 is 30.6 Å². The van der Waals surface area contributed by atoms with Gasteiger partial charge in [-0.05, 0) is 23.8 Å². The van der Waals surface area contributed by atoms with E-state index in [1.165, 1.54) is 32.2 Å². The number of rotatable bonds is 8. The minimum absolute atomic E-state index is 0.0413. The fourth-order valence-electron chi connectivity index (χ4n) is 2.04. The van der Waals surface area contributed by atoms with Crippen LogP contribution in [0.3, 0.4) is 0 Å². The van der Waals surface area contributed by atoms with Gasteiger partial charge in [0.15, 0.2) is 5.75 Å². The average molecular weight is 507 g/mol. The van der Waals surface area contributed by atoms with Gasteiger partial charge in [0.05, 0.1) is 24.1 Å². The first-order chi connectivity index (χ1) is 14.4. The maximum Gasteiger partial charge on any atom is 0.306 e. The number of carbonyl (C=O) groups is 1. The second kappa shape index (κ2) is 9.60. The van der Waals surface area contributed by atoms with Crippen LogP contribution in [-0.2, 0) is 24.7 Å². The first-order valence-electron chi connectivity index (χ1n) is 8.16. The quantitative estimate of drug-likeness (QED) is 0.241. The Labute approximate surface area is 187 Å². The van der Waals surface area contributed by atoms with Crippen LogP contribution in [0.15, 0.2) is 22.0 Å². The highest BCUT2D eigenvalue weighted by Gasteiger charge is 2.21. The standard InChI is InChI=1S/C16H15ClN4O7S3/c1-4-31(25,26)16-21-20-15(29-16)19-14(22)10(8-18)5-9-6-11(17)13(12(7-9)27-2)28-30(3,23)24/h5-7H,4H2,1-3H3,(H,19,20,22). The normalized spacial score (nSPS) is 12.2. The number of benzene rings is 1. The Morgan fingerprint density at radius 2 is 2.00 bits per heavy atom. The number of ether oxygens (including phenoxy) is 1. The van der Waals surface area contributed by atoms with Crippen LogP contribution < -0.4 is 14.2 Å². The van der Waals surface area contributed by atoms with E-state index in [9.17, 15) is 26.9 Å². The van der Waals surface area contributed by atoms with Gasteiger partial charge >= 0.3 is 10.1 Å². The number of hydrogen-bond acceptors (Lipinski definition) is 11. The van der Waals surface area contributed by atoms with E-state index >= 15 is 0 Å². The second-order valence-electron chi connectivity index (χ2n) is 5.72. The third-order valence-electron chi connectivity index (χ3n) is 3.44. The Morgan fingerprint density at radius 1 is 1.32 bits per heavy atom. The van der Waals surface area contributed by atoms with Crippen molar-refractivity contribution in [1.82, 2.24) is 10.2 Å². The van der Waals surface area contributed by atoms with Crippen LogP contribution in [0.2, 0.25) is 5.02 Å². The maximum atomic E-state index is 12.4. The largest absolute Gasteiger partial charge is 0.493 e. The van der Waals surface area contributed by atoms with E-state index < -0.39 is 25.9 Å². The van der Waals surface area contributed by atoms with Gasteiger partial charge in [-0.3, -0.25) is 10.1 Å². The lowest BCUT2D eigenvalue weighted by atomic mass is 10.1. The third-order valence-corrected chi connectivity index (χ3v) is 7.20. The molecule has 0 radical (unpaired) electrons. The van der Waals surface area contributed by atoms with E-state index in [2.05, 4.69) is 15.5 Å². The molecule has 2 aromatic rings. The molecule has 166 valence electrons. The van der Waals surface area contributed by atoms with Crippen LogP contribution in [0, 0.1) is 11.3 Å². The van der Waals surface area contributed by atoms with Crippen LogP contribution >= 0.6 is 22.9 Å². The summed E-state index contributed by atoms with van der Waals surface area (Å²) in [6.45, 7) is 1.44. The molecule has 0 saturated heterocycles. The number of halogens is 1. The van der Waals surface area contributed by atoms with Crippen molar-refractivity contribution in [1.29, 1.82) is 5.26 Å². The Balaban J connectivity index is 2.34. The van der Waals surface area contributed by atoms with Crippen molar-refractivity contribution in [2.45, 2.75) is 11.3 Å². The zero-order valence-corrected chi connectivity index (χ0v) is 19.4. The molecule has 0 aliphatic heterocycles. The number of methoxy groups -OCH3 is 1. The minimum Gasteiger partial charge on any atom is -0.493 e. The van der Waals surface area contributed by atoms with Gasteiger partial charge in [0, 0.05) is 0 Å². The number of nitrogens with one attached hydrogen (secondary N) is 1. The van der Waals surface area contributed by atoms with Gasteiger partial charge in [0.2, 0.25) is 25.1 Å². The van der Waals surface area contributed by atoms with E-state index in [0.29, 0.717) is 11.3 Å². The first-order valence-corrected chi connectivity index (χ1v) is 12.8. The zero-order chi connectivity index (χ0) is 23.4. The molecule has 0 saturated carbocycles. The maximum absolute atomic E-state index is 12.4. The predicted molar refractivity (Wildman–Crippen MR) is 113 cm³/mol. The van der Waals surface area contributed by atoms with Gasteiger partial charge in [0.1, 0.15) is 11.6 Å². The topological polar surface area (TPSA) is 165 Å². The molecule has 1 amide bonds. The van der Waals surface area contributed by atoms with Gasteiger partial charge < -0.3 is 8.92 Å².